The second-order valence-electron chi connectivity index (χ2n) is 5.63. The number of fused-ring (bicyclic) bond motifs is 1. The summed E-state index contributed by atoms with van der Waals surface area (Å²) in [6, 6.07) is 7.85. The summed E-state index contributed by atoms with van der Waals surface area (Å²) in [7, 11) is 3.53. The molecule has 4 heteroatoms. The number of ether oxygens (including phenoxy) is 2. The molecule has 1 aromatic carbocycles. The van der Waals surface area contributed by atoms with E-state index in [0.29, 0.717) is 0 Å². The van der Waals surface area contributed by atoms with E-state index in [9.17, 15) is 4.79 Å². The van der Waals surface area contributed by atoms with Crippen molar-refractivity contribution in [1.29, 1.82) is 0 Å². The molecule has 4 nitrogen and oxygen atoms in total. The van der Waals surface area contributed by atoms with Gasteiger partial charge in [-0.25, -0.2) is 0 Å². The van der Waals surface area contributed by atoms with Crippen LogP contribution in [0.4, 0.5) is 0 Å². The highest BCUT2D eigenvalue weighted by molar-refractivity contribution is 5.83. The highest BCUT2D eigenvalue weighted by atomic mass is 16.5. The van der Waals surface area contributed by atoms with E-state index >= 15 is 0 Å². The fraction of sp³-hybridized carbons (Fsp3) is 0.562. The van der Waals surface area contributed by atoms with Gasteiger partial charge in [-0.05, 0) is 30.5 Å². The molecule has 1 aromatic rings. The molecule has 0 aromatic heterocycles. The van der Waals surface area contributed by atoms with Gasteiger partial charge in [0.1, 0.15) is 5.75 Å². The zero-order chi connectivity index (χ0) is 14.1. The van der Waals surface area contributed by atoms with Gasteiger partial charge in [-0.15, -0.1) is 0 Å². The third-order valence-electron chi connectivity index (χ3n) is 4.44. The quantitative estimate of drug-likeness (QED) is 0.832. The molecule has 3 rings (SSSR count). The van der Waals surface area contributed by atoms with Gasteiger partial charge >= 0.3 is 0 Å². The zero-order valence-electron chi connectivity index (χ0n) is 12.0. The lowest BCUT2D eigenvalue weighted by molar-refractivity contribution is -0.174. The van der Waals surface area contributed by atoms with Crippen LogP contribution >= 0.6 is 0 Å². The van der Waals surface area contributed by atoms with Crippen molar-refractivity contribution in [1.82, 2.24) is 4.90 Å². The van der Waals surface area contributed by atoms with Crippen LogP contribution in [0.2, 0.25) is 0 Å². The van der Waals surface area contributed by atoms with Crippen LogP contribution in [0.25, 0.3) is 0 Å². The molecule has 1 aliphatic carbocycles. The summed E-state index contributed by atoms with van der Waals surface area (Å²) in [4.78, 5) is 14.4. The van der Waals surface area contributed by atoms with Crippen molar-refractivity contribution in [2.75, 3.05) is 14.2 Å². The molecule has 1 amide bonds. The lowest BCUT2D eigenvalue weighted by Gasteiger charge is -2.45. The van der Waals surface area contributed by atoms with Gasteiger partial charge in [0.2, 0.25) is 0 Å². The number of carbonyl (C=O) groups excluding carboxylic acids is 1. The van der Waals surface area contributed by atoms with E-state index in [1.165, 1.54) is 12.8 Å². The number of nitrogens with zero attached hydrogens (tertiary/aromatic N) is 1. The molecular weight excluding hydrogens is 254 g/mol. The average molecular weight is 275 g/mol. The van der Waals surface area contributed by atoms with Crippen molar-refractivity contribution >= 4 is 5.91 Å². The van der Waals surface area contributed by atoms with E-state index in [1.807, 2.05) is 36.2 Å². The second kappa shape index (κ2) is 5.44. The van der Waals surface area contributed by atoms with Crippen LogP contribution < -0.4 is 4.74 Å². The maximum atomic E-state index is 12.5. The lowest BCUT2D eigenvalue weighted by atomic mass is 9.89. The maximum absolute atomic E-state index is 12.5. The molecular formula is C16H21NO3. The average Bonchev–Trinajstić information content (AvgIpc) is 2.51. The van der Waals surface area contributed by atoms with Gasteiger partial charge < -0.3 is 14.4 Å². The number of carbonyl (C=O) groups is 1. The number of benzene rings is 1. The molecule has 0 N–H and O–H groups in total. The van der Waals surface area contributed by atoms with Crippen LogP contribution in [0.3, 0.4) is 0 Å². The molecule has 108 valence electrons. The molecule has 2 aliphatic rings. The Balaban J connectivity index is 1.87. The first-order valence-electron chi connectivity index (χ1n) is 7.27. The minimum atomic E-state index is -0.491. The predicted octanol–water partition coefficient (Wildman–Crippen LogP) is 2.54. The summed E-state index contributed by atoms with van der Waals surface area (Å²) in [5.74, 6) is 0.814. The molecule has 0 unspecified atom stereocenters. The van der Waals surface area contributed by atoms with Gasteiger partial charge in [0.25, 0.3) is 5.91 Å². The van der Waals surface area contributed by atoms with Crippen LogP contribution in [0, 0.1) is 0 Å². The van der Waals surface area contributed by atoms with Crippen molar-refractivity contribution in [2.45, 2.75) is 43.9 Å². The van der Waals surface area contributed by atoms with E-state index in [4.69, 9.17) is 9.47 Å². The summed E-state index contributed by atoms with van der Waals surface area (Å²) < 4.78 is 11.3. The number of hydrogen-bond donors (Lipinski definition) is 0. The first-order chi connectivity index (χ1) is 9.70. The molecule has 3 atom stereocenters. The Bertz CT molecular complexity index is 502. The van der Waals surface area contributed by atoms with Crippen LogP contribution in [-0.4, -0.2) is 37.1 Å². The predicted molar refractivity (Wildman–Crippen MR) is 75.6 cm³/mol. The standard InChI is InChI=1S/C16H21NO3/c1-17-13-8-3-4-9-14(13)20-15(16(17)18)11-6-5-7-12(10-11)19-2/h5-7,10,13-15H,3-4,8-9H2,1-2H3/t13-,14-,15+/m0/s1. The largest absolute Gasteiger partial charge is 0.497 e. The van der Waals surface area contributed by atoms with Crippen LogP contribution in [-0.2, 0) is 9.53 Å². The van der Waals surface area contributed by atoms with Crippen molar-refractivity contribution < 1.29 is 14.3 Å². The molecule has 1 saturated heterocycles. The van der Waals surface area contributed by atoms with E-state index in [-0.39, 0.29) is 18.1 Å². The van der Waals surface area contributed by atoms with Crippen LogP contribution in [0.15, 0.2) is 24.3 Å². The molecule has 20 heavy (non-hydrogen) atoms. The maximum Gasteiger partial charge on any atom is 0.256 e. The fourth-order valence-electron chi connectivity index (χ4n) is 3.29. The normalized spacial score (nSPS) is 30.0. The Kier molecular flexibility index (Phi) is 3.66. The van der Waals surface area contributed by atoms with E-state index in [2.05, 4.69) is 0 Å². The third kappa shape index (κ3) is 2.29. The van der Waals surface area contributed by atoms with Gasteiger partial charge in [-0.1, -0.05) is 25.0 Å². The highest BCUT2D eigenvalue weighted by Crippen LogP contribution is 2.36. The Morgan fingerprint density at radius 3 is 2.90 bits per heavy atom. The Hall–Kier alpha value is -1.55. The van der Waals surface area contributed by atoms with Crippen LogP contribution in [0.5, 0.6) is 5.75 Å². The van der Waals surface area contributed by atoms with E-state index in [0.717, 1.165) is 24.2 Å². The van der Waals surface area contributed by atoms with E-state index < -0.39 is 6.10 Å². The molecule has 0 spiro atoms. The molecule has 2 fully saturated rings. The van der Waals surface area contributed by atoms with Crippen molar-refractivity contribution in [3.8, 4) is 5.75 Å². The number of likely N-dealkylation sites (N-methyl/N-ethyl adjacent to an activating group) is 1. The summed E-state index contributed by atoms with van der Waals surface area (Å²) in [5, 5.41) is 0. The second-order valence-corrected chi connectivity index (χ2v) is 5.63. The summed E-state index contributed by atoms with van der Waals surface area (Å²) in [6.07, 6.45) is 4.15. The molecule has 1 heterocycles. The molecule has 0 bridgehead atoms. The minimum absolute atomic E-state index is 0.0569. The minimum Gasteiger partial charge on any atom is -0.497 e. The first kappa shape index (κ1) is 13.4. The van der Waals surface area contributed by atoms with Gasteiger partial charge in [0.15, 0.2) is 6.10 Å². The van der Waals surface area contributed by atoms with Crippen molar-refractivity contribution in [3.63, 3.8) is 0 Å². The number of rotatable bonds is 2. The Morgan fingerprint density at radius 1 is 1.30 bits per heavy atom. The smallest absolute Gasteiger partial charge is 0.256 e. The van der Waals surface area contributed by atoms with Gasteiger partial charge in [-0.2, -0.15) is 0 Å². The van der Waals surface area contributed by atoms with Crippen LogP contribution in [0.1, 0.15) is 37.4 Å². The summed E-state index contributed by atoms with van der Waals surface area (Å²) in [5.41, 5.74) is 0.880. The van der Waals surface area contributed by atoms with Gasteiger partial charge in [0.05, 0.1) is 19.3 Å². The number of morpholine rings is 1. The van der Waals surface area contributed by atoms with Gasteiger partial charge in [-0.3, -0.25) is 4.79 Å². The Morgan fingerprint density at radius 2 is 2.10 bits per heavy atom. The zero-order valence-corrected chi connectivity index (χ0v) is 12.0. The molecule has 1 saturated carbocycles. The monoisotopic (exact) mass is 275 g/mol. The van der Waals surface area contributed by atoms with Crippen molar-refractivity contribution in [3.05, 3.63) is 29.8 Å². The lowest BCUT2D eigenvalue weighted by Crippen LogP contribution is -2.54. The highest BCUT2D eigenvalue weighted by Gasteiger charge is 2.42. The number of methoxy groups -OCH3 is 1. The topological polar surface area (TPSA) is 38.8 Å². The number of amides is 1. The Labute approximate surface area is 119 Å². The molecule has 0 radical (unpaired) electrons. The third-order valence-corrected chi connectivity index (χ3v) is 4.44. The van der Waals surface area contributed by atoms with E-state index in [1.54, 1.807) is 7.11 Å². The summed E-state index contributed by atoms with van der Waals surface area (Å²) in [6.45, 7) is 0. The van der Waals surface area contributed by atoms with Gasteiger partial charge in [0, 0.05) is 7.05 Å². The number of hydrogen-bond acceptors (Lipinski definition) is 3. The molecule has 1 aliphatic heterocycles. The van der Waals surface area contributed by atoms with Crippen molar-refractivity contribution in [2.24, 2.45) is 0 Å². The SMILES string of the molecule is COc1cccc([C@H]2O[C@H]3CCCC[C@@H]3N(C)C2=O)c1. The first-order valence-corrected chi connectivity index (χ1v) is 7.27. The summed E-state index contributed by atoms with van der Waals surface area (Å²) >= 11 is 0. The fourth-order valence-corrected chi connectivity index (χ4v) is 3.29.